The van der Waals surface area contributed by atoms with Gasteiger partial charge in [-0.05, 0) is 296 Å². The fourth-order valence-electron chi connectivity index (χ4n) is 22.6. The lowest BCUT2D eigenvalue weighted by Crippen LogP contribution is -2.51. The molecular weight excluding hydrogens is 1190 g/mol. The molecule has 2 aromatic carbocycles. The van der Waals surface area contributed by atoms with Gasteiger partial charge in [-0.15, -0.1) is 0 Å². The quantitative estimate of drug-likeness (QED) is 0.0437. The van der Waals surface area contributed by atoms with Crippen molar-refractivity contribution in [1.82, 2.24) is 0 Å². The summed E-state index contributed by atoms with van der Waals surface area (Å²) >= 11 is 0. The predicted octanol–water partition coefficient (Wildman–Crippen LogP) is 22.4. The van der Waals surface area contributed by atoms with Gasteiger partial charge < -0.3 is 4.74 Å². The van der Waals surface area contributed by atoms with Crippen LogP contribution in [0.4, 0.5) is 0 Å². The average Bonchev–Trinajstić information content (AvgIpc) is 1.69. The zero-order valence-corrected chi connectivity index (χ0v) is 62.6. The maximum atomic E-state index is 13.3. The first-order chi connectivity index (χ1) is 44.3. The number of unbranched alkanes of at least 4 members (excludes halogenated alkanes) is 4. The van der Waals surface area contributed by atoms with Gasteiger partial charge in [-0.2, -0.15) is 16.8 Å². The van der Waals surface area contributed by atoms with Gasteiger partial charge in [-0.25, -0.2) is 0 Å². The van der Waals surface area contributed by atoms with Crippen LogP contribution in [-0.4, -0.2) is 42.3 Å². The minimum atomic E-state index is -3.83. The number of fused-ring (bicyclic) bond motifs is 10. The van der Waals surface area contributed by atoms with Crippen LogP contribution in [0.25, 0.3) is 0 Å². The lowest BCUT2D eigenvalue weighted by Gasteiger charge is -2.59. The molecule has 6 fully saturated rings. The number of hydrogen-bond donors (Lipinski definition) is 0. The largest absolute Gasteiger partial charge is 0.374 e. The molecule has 0 aliphatic heterocycles. The smallest absolute Gasteiger partial charge is 0.296 e. The SMILES string of the molecule is CC[C@H](/C=C/[C@@H](C)[C@H]1CC[C@H]2[C@@H]3CC=C4C[C@@H](C(CCCCCOS(=O)(=O)c5ccc(C)cc5)OC(CCCCCOS(=O)(=O)c5ccc(C)cc5)[C@H]5CC[C@@]6(C)C(=CC[C@H]7[C@@H]8CC[C@H]([C@H](C)/C=C/[C@@H](CC)C(C)C)[C@@]8(C)CC[C@@H]76)C5)CC[C@]4(C)[C@H]3CC[C@]12C)C(C)C. The van der Waals surface area contributed by atoms with E-state index in [0.29, 0.717) is 71.0 Å². The van der Waals surface area contributed by atoms with Gasteiger partial charge in [0, 0.05) is 0 Å². The molecule has 0 amide bonds. The number of allylic oxidation sites excluding steroid dienone is 8. The molecular formula is C84H130O7S2. The molecule has 9 heteroatoms. The fraction of sp³-hybridized carbons (Fsp3) is 0.762. The van der Waals surface area contributed by atoms with E-state index in [4.69, 9.17) is 13.1 Å². The molecule has 2 unspecified atom stereocenters. The van der Waals surface area contributed by atoms with Crippen molar-refractivity contribution in [2.24, 2.45) is 116 Å². The van der Waals surface area contributed by atoms with Crippen molar-refractivity contribution in [1.29, 1.82) is 0 Å². The lowest BCUT2D eigenvalue weighted by molar-refractivity contribution is -0.103. The maximum absolute atomic E-state index is 13.3. The molecule has 93 heavy (non-hydrogen) atoms. The Bertz CT molecular complexity index is 2910. The molecule has 20 atom stereocenters. The lowest BCUT2D eigenvalue weighted by atomic mass is 9.46. The summed E-state index contributed by atoms with van der Waals surface area (Å²) in [6.07, 6.45) is 46.1. The van der Waals surface area contributed by atoms with Crippen LogP contribution in [0.15, 0.2) is 106 Å². The number of benzene rings is 2. The van der Waals surface area contributed by atoms with Crippen LogP contribution in [-0.2, 0) is 33.3 Å². The second-order valence-electron chi connectivity index (χ2n) is 34.2. The molecule has 8 aliphatic carbocycles. The van der Waals surface area contributed by atoms with Crippen LogP contribution in [0.1, 0.15) is 261 Å². The number of ether oxygens (including phenoxy) is 1. The van der Waals surface area contributed by atoms with Gasteiger partial charge in [-0.3, -0.25) is 8.37 Å². The summed E-state index contributed by atoms with van der Waals surface area (Å²) in [5.74, 6) is 10.9. The van der Waals surface area contributed by atoms with Crippen molar-refractivity contribution in [2.75, 3.05) is 13.2 Å². The van der Waals surface area contributed by atoms with Gasteiger partial charge in [0.15, 0.2) is 0 Å². The van der Waals surface area contributed by atoms with Gasteiger partial charge in [0.2, 0.25) is 0 Å². The van der Waals surface area contributed by atoms with E-state index in [1.54, 1.807) is 35.4 Å². The first kappa shape index (κ1) is 72.9. The van der Waals surface area contributed by atoms with Gasteiger partial charge >= 0.3 is 0 Å². The minimum absolute atomic E-state index is 0.0981. The molecule has 0 radical (unpaired) electrons. The summed E-state index contributed by atoms with van der Waals surface area (Å²) in [6.45, 7) is 34.4. The molecule has 0 N–H and O–H groups in total. The van der Waals surface area contributed by atoms with E-state index in [1.807, 2.05) is 38.1 Å². The first-order valence-electron chi connectivity index (χ1n) is 38.6. The van der Waals surface area contributed by atoms with Crippen LogP contribution < -0.4 is 0 Å². The second kappa shape index (κ2) is 30.7. The van der Waals surface area contributed by atoms with Crippen LogP contribution in [0.5, 0.6) is 0 Å². The van der Waals surface area contributed by atoms with Gasteiger partial charge in [0.05, 0.1) is 35.2 Å². The topological polar surface area (TPSA) is 96.0 Å². The zero-order valence-electron chi connectivity index (χ0n) is 60.9. The fourth-order valence-corrected chi connectivity index (χ4v) is 24.5. The summed E-state index contributed by atoms with van der Waals surface area (Å²) in [4.78, 5) is 0.437. The molecule has 8 aliphatic rings. The molecule has 520 valence electrons. The highest BCUT2D eigenvalue weighted by molar-refractivity contribution is 7.87. The Morgan fingerprint density at radius 1 is 0.473 bits per heavy atom. The van der Waals surface area contributed by atoms with Crippen LogP contribution >= 0.6 is 0 Å². The zero-order chi connectivity index (χ0) is 66.7. The third kappa shape index (κ3) is 15.8. The summed E-state index contributed by atoms with van der Waals surface area (Å²) in [6, 6.07) is 13.9. The Balaban J connectivity index is 0.871. The van der Waals surface area contributed by atoms with E-state index in [9.17, 15) is 16.8 Å². The molecule has 0 saturated heterocycles. The highest BCUT2D eigenvalue weighted by atomic mass is 32.2. The minimum Gasteiger partial charge on any atom is -0.374 e. The molecule has 0 heterocycles. The Hall–Kier alpha value is -2.82. The number of rotatable bonds is 30. The van der Waals surface area contributed by atoms with E-state index in [0.717, 1.165) is 110 Å². The Morgan fingerprint density at radius 3 is 1.23 bits per heavy atom. The van der Waals surface area contributed by atoms with Gasteiger partial charge in [0.1, 0.15) is 0 Å². The van der Waals surface area contributed by atoms with Crippen LogP contribution in [0.2, 0.25) is 0 Å². The molecule has 2 aromatic rings. The Kier molecular flexibility index (Phi) is 24.1. The van der Waals surface area contributed by atoms with E-state index < -0.39 is 20.2 Å². The third-order valence-corrected chi connectivity index (χ3v) is 31.1. The van der Waals surface area contributed by atoms with Crippen LogP contribution in [0.3, 0.4) is 0 Å². The Morgan fingerprint density at radius 2 is 0.860 bits per heavy atom. The first-order valence-corrected chi connectivity index (χ1v) is 41.4. The second-order valence-corrected chi connectivity index (χ2v) is 37.4. The molecule has 6 saturated carbocycles. The van der Waals surface area contributed by atoms with Gasteiger partial charge in [0.25, 0.3) is 20.2 Å². The van der Waals surface area contributed by atoms with Crippen molar-refractivity contribution in [3.8, 4) is 0 Å². The van der Waals surface area contributed by atoms with E-state index in [1.165, 1.54) is 103 Å². The molecule has 0 aromatic heterocycles. The summed E-state index contributed by atoms with van der Waals surface area (Å²) in [5, 5.41) is 0. The Labute approximate surface area is 569 Å². The molecule has 0 bridgehead atoms. The third-order valence-electron chi connectivity index (χ3n) is 28.4. The highest BCUT2D eigenvalue weighted by Gasteiger charge is 2.61. The van der Waals surface area contributed by atoms with Crippen LogP contribution in [0, 0.1) is 130 Å². The molecule has 7 nitrogen and oxygen atoms in total. The van der Waals surface area contributed by atoms with Crippen molar-refractivity contribution < 1.29 is 29.9 Å². The van der Waals surface area contributed by atoms with Crippen molar-refractivity contribution in [3.63, 3.8) is 0 Å². The average molecular weight is 1320 g/mol. The van der Waals surface area contributed by atoms with Crippen molar-refractivity contribution in [3.05, 3.63) is 107 Å². The number of hydrogen-bond acceptors (Lipinski definition) is 7. The van der Waals surface area contributed by atoms with Crippen molar-refractivity contribution >= 4 is 20.2 Å². The summed E-state index contributed by atoms with van der Waals surface area (Å²) in [5.41, 5.74) is 6.76. The summed E-state index contributed by atoms with van der Waals surface area (Å²) in [7, 11) is -7.66. The van der Waals surface area contributed by atoms with E-state index >= 15 is 0 Å². The normalized spacial score (nSPS) is 34.8. The standard InChI is InChI=1S/C84H130O7S2/c1-15-63(57(3)4)31-29-61(9)73-41-43-75-71-39-33-67-55-65(45-49-81(67,11)77(71)47-51-83(73,75)13)79(23-19-17-21-53-89-92(85,86)69-35-25-59(7)26-36-69)91-80(24-20-18-22-54-90-93(87,88)70-37-27-60(8)28-38-70)66-46-50-82(12)68(56-66)34-40-72-76-44-42-74(84(76,14)52-48-78(72)82)62(10)30-32-64(16-2)58(5)6/h25-38,57-58,61-66,71-80H,15-24,39-56H2,1-14H3/b31-29+,32-30+/t61-,62-,63-,64-,65+,66+,71+,72+,73-,74-,75+,76+,77+,78+,79?,80?,81+,82+,83-,84-/m1/s1. The maximum Gasteiger partial charge on any atom is 0.296 e. The highest BCUT2D eigenvalue weighted by Crippen LogP contribution is 2.70. The summed E-state index contributed by atoms with van der Waals surface area (Å²) < 4.78 is 72.4. The van der Waals surface area contributed by atoms with E-state index in [2.05, 4.69) is 120 Å². The molecule has 10 rings (SSSR count). The van der Waals surface area contributed by atoms with E-state index in [-0.39, 0.29) is 46.0 Å². The van der Waals surface area contributed by atoms with Gasteiger partial charge in [-0.1, -0.05) is 192 Å². The number of aryl methyl sites for hydroxylation is 2. The molecule has 0 spiro atoms. The monoisotopic (exact) mass is 1310 g/mol. The predicted molar refractivity (Wildman–Crippen MR) is 385 cm³/mol. The van der Waals surface area contributed by atoms with Crippen molar-refractivity contribution in [2.45, 2.75) is 286 Å².